The molecular formula is C11H17F2N3O4. The first-order chi connectivity index (χ1) is 9.25. The number of aliphatic hydroxyl groups excluding tert-OH is 2. The van der Waals surface area contributed by atoms with Crippen molar-refractivity contribution >= 4 is 5.82 Å². The summed E-state index contributed by atoms with van der Waals surface area (Å²) in [6, 6.07) is -0.498. The van der Waals surface area contributed by atoms with Crippen LogP contribution < -0.4 is 11.4 Å². The molecular weight excluding hydrogens is 276 g/mol. The Balaban J connectivity index is 3.10. The van der Waals surface area contributed by atoms with Gasteiger partial charge in [0.15, 0.2) is 0 Å². The van der Waals surface area contributed by atoms with Crippen molar-refractivity contribution in [2.24, 2.45) is 0 Å². The molecule has 1 unspecified atom stereocenters. The van der Waals surface area contributed by atoms with Crippen LogP contribution in [0.15, 0.2) is 17.1 Å². The Morgan fingerprint density at radius 3 is 2.65 bits per heavy atom. The Hall–Kier alpha value is -1.58. The molecule has 0 spiro atoms. The molecule has 0 saturated heterocycles. The maximum atomic E-state index is 14.1. The zero-order valence-corrected chi connectivity index (χ0v) is 11.0. The van der Waals surface area contributed by atoms with Crippen molar-refractivity contribution in [2.45, 2.75) is 31.1 Å². The number of nitrogen functional groups attached to an aromatic ring is 1. The molecule has 0 aliphatic rings. The van der Waals surface area contributed by atoms with Crippen molar-refractivity contribution in [1.29, 1.82) is 0 Å². The fraction of sp³-hybridized carbons (Fsp3) is 0.636. The van der Waals surface area contributed by atoms with Gasteiger partial charge in [-0.3, -0.25) is 4.57 Å². The fourth-order valence-electron chi connectivity index (χ4n) is 1.70. The van der Waals surface area contributed by atoms with Gasteiger partial charge in [0.25, 0.3) is 5.92 Å². The quantitative estimate of drug-likeness (QED) is 0.645. The van der Waals surface area contributed by atoms with Crippen LogP contribution in [0.2, 0.25) is 0 Å². The number of anilines is 1. The lowest BCUT2D eigenvalue weighted by molar-refractivity contribution is -0.187. The monoisotopic (exact) mass is 293 g/mol. The Morgan fingerprint density at radius 1 is 1.60 bits per heavy atom. The van der Waals surface area contributed by atoms with Crippen molar-refractivity contribution in [3.8, 4) is 0 Å². The molecule has 0 saturated carbocycles. The van der Waals surface area contributed by atoms with E-state index in [9.17, 15) is 18.7 Å². The maximum absolute atomic E-state index is 14.1. The van der Waals surface area contributed by atoms with E-state index in [0.717, 1.165) is 20.2 Å². The Bertz CT molecular complexity index is 505. The zero-order valence-electron chi connectivity index (χ0n) is 11.0. The molecule has 0 aliphatic heterocycles. The third kappa shape index (κ3) is 3.11. The molecule has 20 heavy (non-hydrogen) atoms. The fourth-order valence-corrected chi connectivity index (χ4v) is 1.70. The summed E-state index contributed by atoms with van der Waals surface area (Å²) >= 11 is 0. The van der Waals surface area contributed by atoms with E-state index in [-0.39, 0.29) is 5.82 Å². The van der Waals surface area contributed by atoms with Crippen LogP contribution >= 0.6 is 0 Å². The SMILES string of the molecule is CO[C@H](CO)C(O)C(F)(F)[C@@H](C)n1ccc(N)nc1=O. The zero-order chi connectivity index (χ0) is 15.5. The summed E-state index contributed by atoms with van der Waals surface area (Å²) in [7, 11) is 1.09. The van der Waals surface area contributed by atoms with Gasteiger partial charge in [-0.05, 0) is 13.0 Å². The molecule has 114 valence electrons. The van der Waals surface area contributed by atoms with Crippen LogP contribution in [-0.4, -0.2) is 51.6 Å². The standard InChI is InChI=1S/C11H17F2N3O4/c1-6(16-4-3-8(14)15-10(16)19)11(12,13)9(18)7(5-17)20-2/h3-4,6-7,9,17-18H,5H2,1-2H3,(H2,14,15,19)/t6-,7-,9?/m1/s1. The van der Waals surface area contributed by atoms with E-state index in [2.05, 4.69) is 9.72 Å². The number of aliphatic hydroxyl groups is 2. The molecule has 1 aromatic heterocycles. The van der Waals surface area contributed by atoms with E-state index in [4.69, 9.17) is 10.8 Å². The van der Waals surface area contributed by atoms with Crippen LogP contribution in [0.1, 0.15) is 13.0 Å². The van der Waals surface area contributed by atoms with Crippen LogP contribution in [0.25, 0.3) is 0 Å². The third-order valence-corrected chi connectivity index (χ3v) is 3.05. The van der Waals surface area contributed by atoms with Crippen molar-refractivity contribution in [2.75, 3.05) is 19.5 Å². The van der Waals surface area contributed by atoms with E-state index in [1.807, 2.05) is 0 Å². The minimum absolute atomic E-state index is 0.0903. The molecule has 3 atom stereocenters. The number of nitrogens with two attached hydrogens (primary N) is 1. The summed E-state index contributed by atoms with van der Waals surface area (Å²) in [5, 5.41) is 18.5. The van der Waals surface area contributed by atoms with E-state index in [1.54, 1.807) is 0 Å². The van der Waals surface area contributed by atoms with Gasteiger partial charge >= 0.3 is 5.69 Å². The number of methoxy groups -OCH3 is 1. The first-order valence-corrected chi connectivity index (χ1v) is 5.79. The first-order valence-electron chi connectivity index (χ1n) is 5.79. The topological polar surface area (TPSA) is 111 Å². The predicted molar refractivity (Wildman–Crippen MR) is 66.5 cm³/mol. The predicted octanol–water partition coefficient (Wildman–Crippen LogP) is -0.610. The Kier molecular flexibility index (Phi) is 5.15. The summed E-state index contributed by atoms with van der Waals surface area (Å²) in [6.45, 7) is 0.265. The number of nitrogens with zero attached hydrogens (tertiary/aromatic N) is 2. The lowest BCUT2D eigenvalue weighted by Crippen LogP contribution is -2.51. The second-order valence-electron chi connectivity index (χ2n) is 4.29. The van der Waals surface area contributed by atoms with Gasteiger partial charge in [0, 0.05) is 13.3 Å². The second kappa shape index (κ2) is 6.25. The lowest BCUT2D eigenvalue weighted by Gasteiger charge is -2.32. The molecule has 0 aromatic carbocycles. The van der Waals surface area contributed by atoms with Gasteiger partial charge in [-0.2, -0.15) is 4.98 Å². The highest BCUT2D eigenvalue weighted by Crippen LogP contribution is 2.33. The summed E-state index contributed by atoms with van der Waals surface area (Å²) in [6.07, 6.45) is -2.68. The van der Waals surface area contributed by atoms with E-state index < -0.39 is 36.5 Å². The van der Waals surface area contributed by atoms with E-state index in [0.29, 0.717) is 4.57 Å². The van der Waals surface area contributed by atoms with Crippen LogP contribution in [0.3, 0.4) is 0 Å². The molecule has 0 aliphatic carbocycles. The molecule has 1 aromatic rings. The number of hydrogen-bond donors (Lipinski definition) is 3. The smallest absolute Gasteiger partial charge is 0.349 e. The van der Waals surface area contributed by atoms with Gasteiger partial charge in [-0.15, -0.1) is 0 Å². The van der Waals surface area contributed by atoms with E-state index in [1.165, 1.54) is 6.07 Å². The highest BCUT2D eigenvalue weighted by molar-refractivity contribution is 5.23. The van der Waals surface area contributed by atoms with Crippen LogP contribution in [0.5, 0.6) is 0 Å². The second-order valence-corrected chi connectivity index (χ2v) is 4.29. The van der Waals surface area contributed by atoms with Gasteiger partial charge in [-0.25, -0.2) is 13.6 Å². The average molecular weight is 293 g/mol. The summed E-state index contributed by atoms with van der Waals surface area (Å²) < 4.78 is 33.5. The maximum Gasteiger partial charge on any atom is 0.349 e. The van der Waals surface area contributed by atoms with Crippen LogP contribution in [0.4, 0.5) is 14.6 Å². The summed E-state index contributed by atoms with van der Waals surface area (Å²) in [4.78, 5) is 14.9. The number of halogens is 2. The summed E-state index contributed by atoms with van der Waals surface area (Å²) in [5.41, 5.74) is 4.32. The summed E-state index contributed by atoms with van der Waals surface area (Å²) in [5.74, 6) is -3.81. The highest BCUT2D eigenvalue weighted by Gasteiger charge is 2.49. The normalized spacial score (nSPS) is 16.7. The highest BCUT2D eigenvalue weighted by atomic mass is 19.3. The molecule has 1 heterocycles. The minimum atomic E-state index is -3.72. The minimum Gasteiger partial charge on any atom is -0.394 e. The number of rotatable bonds is 6. The molecule has 0 amide bonds. The van der Waals surface area contributed by atoms with Crippen molar-refractivity contribution < 1.29 is 23.7 Å². The van der Waals surface area contributed by atoms with Crippen molar-refractivity contribution in [3.63, 3.8) is 0 Å². The third-order valence-electron chi connectivity index (χ3n) is 3.05. The number of ether oxygens (including phenoxy) is 1. The number of aromatic nitrogens is 2. The molecule has 9 heteroatoms. The molecule has 0 radical (unpaired) electrons. The van der Waals surface area contributed by atoms with Crippen molar-refractivity contribution in [3.05, 3.63) is 22.7 Å². The Morgan fingerprint density at radius 2 is 2.20 bits per heavy atom. The molecule has 0 bridgehead atoms. The molecule has 4 N–H and O–H groups in total. The molecule has 0 fully saturated rings. The van der Waals surface area contributed by atoms with Gasteiger partial charge in [-0.1, -0.05) is 0 Å². The van der Waals surface area contributed by atoms with Gasteiger partial charge in [0.1, 0.15) is 24.1 Å². The lowest BCUT2D eigenvalue weighted by atomic mass is 10.0. The van der Waals surface area contributed by atoms with Gasteiger partial charge < -0.3 is 20.7 Å². The van der Waals surface area contributed by atoms with Crippen LogP contribution in [-0.2, 0) is 4.74 Å². The van der Waals surface area contributed by atoms with Gasteiger partial charge in [0.2, 0.25) is 0 Å². The first kappa shape index (κ1) is 16.5. The average Bonchev–Trinajstić information content (AvgIpc) is 2.39. The Labute approximate surface area is 113 Å². The molecule has 1 rings (SSSR count). The largest absolute Gasteiger partial charge is 0.394 e. The number of alkyl halides is 2. The molecule has 7 nitrogen and oxygen atoms in total. The van der Waals surface area contributed by atoms with Crippen LogP contribution in [0, 0.1) is 0 Å². The van der Waals surface area contributed by atoms with E-state index >= 15 is 0 Å². The number of hydrogen-bond acceptors (Lipinski definition) is 6. The van der Waals surface area contributed by atoms with Crippen molar-refractivity contribution in [1.82, 2.24) is 9.55 Å². The van der Waals surface area contributed by atoms with Gasteiger partial charge in [0.05, 0.1) is 6.61 Å².